The first-order valence-corrected chi connectivity index (χ1v) is 10.7. The monoisotopic (exact) mass is 455 g/mol. The molecule has 2 heterocycles. The van der Waals surface area contributed by atoms with Gasteiger partial charge in [-0.3, -0.25) is 4.79 Å². The number of anilines is 1. The van der Waals surface area contributed by atoms with Gasteiger partial charge in [0.15, 0.2) is 0 Å². The van der Waals surface area contributed by atoms with Crippen molar-refractivity contribution in [2.45, 2.75) is 6.42 Å². The molecule has 0 atom stereocenters. The van der Waals surface area contributed by atoms with E-state index in [1.165, 1.54) is 0 Å². The first kappa shape index (κ1) is 20.1. The van der Waals surface area contributed by atoms with Crippen LogP contribution in [0.3, 0.4) is 0 Å². The minimum atomic E-state index is -0.128. The van der Waals surface area contributed by atoms with Crippen molar-refractivity contribution in [1.29, 1.82) is 0 Å². The number of aryl methyl sites for hydroxylation is 1. The molecule has 1 N–H and O–H groups in total. The van der Waals surface area contributed by atoms with E-state index in [0.717, 1.165) is 66.2 Å². The molecule has 1 amide bonds. The Balaban J connectivity index is 1.46. The number of carbonyl (C=O) groups is 1. The van der Waals surface area contributed by atoms with E-state index in [2.05, 4.69) is 49.7 Å². The number of amides is 1. The van der Waals surface area contributed by atoms with Crippen LogP contribution in [-0.2, 0) is 13.5 Å². The van der Waals surface area contributed by atoms with Gasteiger partial charge < -0.3 is 19.7 Å². The predicted octanol–water partition coefficient (Wildman–Crippen LogP) is 3.38. The Bertz CT molecular complexity index is 1020. The average Bonchev–Trinajstić information content (AvgIpc) is 3.02. The van der Waals surface area contributed by atoms with Crippen LogP contribution in [0.25, 0.3) is 11.0 Å². The van der Waals surface area contributed by atoms with Crippen LogP contribution in [0, 0.1) is 0 Å². The second-order valence-corrected chi connectivity index (χ2v) is 8.57. The number of imidazole rings is 1. The van der Waals surface area contributed by atoms with E-state index in [0.29, 0.717) is 5.56 Å². The molecule has 0 unspecified atom stereocenters. The molecule has 29 heavy (non-hydrogen) atoms. The molecule has 0 bridgehead atoms. The van der Waals surface area contributed by atoms with Gasteiger partial charge in [0, 0.05) is 61.9 Å². The second kappa shape index (κ2) is 8.65. The number of rotatable bonds is 5. The molecule has 6 nitrogen and oxygen atoms in total. The summed E-state index contributed by atoms with van der Waals surface area (Å²) < 4.78 is 3.04. The summed E-state index contributed by atoms with van der Waals surface area (Å²) in [6, 6.07) is 13.3. The fraction of sp³-hybridized carbons (Fsp3) is 0.364. The third-order valence-corrected chi connectivity index (χ3v) is 6.06. The van der Waals surface area contributed by atoms with Crippen LogP contribution in [0.15, 0.2) is 46.9 Å². The van der Waals surface area contributed by atoms with Crippen molar-refractivity contribution in [2.24, 2.45) is 7.05 Å². The molecule has 1 fully saturated rings. The summed E-state index contributed by atoms with van der Waals surface area (Å²) >= 11 is 3.41. The molecule has 7 heteroatoms. The number of halogens is 1. The minimum Gasteiger partial charge on any atom is -0.331 e. The number of hydrogen-bond donors (Lipinski definition) is 1. The van der Waals surface area contributed by atoms with Crippen molar-refractivity contribution in [3.8, 4) is 0 Å². The second-order valence-electron chi connectivity index (χ2n) is 7.65. The highest BCUT2D eigenvalue weighted by molar-refractivity contribution is 9.10. The van der Waals surface area contributed by atoms with E-state index < -0.39 is 0 Å². The summed E-state index contributed by atoms with van der Waals surface area (Å²) in [5, 5.41) is 2.97. The molecule has 0 aliphatic carbocycles. The van der Waals surface area contributed by atoms with Crippen molar-refractivity contribution < 1.29 is 4.79 Å². The van der Waals surface area contributed by atoms with Gasteiger partial charge in [0.25, 0.3) is 5.91 Å². The van der Waals surface area contributed by atoms with Gasteiger partial charge in [0.1, 0.15) is 5.82 Å². The third kappa shape index (κ3) is 4.69. The lowest BCUT2D eigenvalue weighted by Crippen LogP contribution is -2.45. The number of aromatic nitrogens is 2. The van der Waals surface area contributed by atoms with Gasteiger partial charge in [-0.25, -0.2) is 4.98 Å². The summed E-state index contributed by atoms with van der Waals surface area (Å²) in [7, 11) is 4.24. The maximum atomic E-state index is 12.5. The number of nitrogens with one attached hydrogen (secondary N) is 1. The molecule has 1 aliphatic heterocycles. The van der Waals surface area contributed by atoms with Crippen molar-refractivity contribution in [3.05, 3.63) is 58.3 Å². The Labute approximate surface area is 179 Å². The highest BCUT2D eigenvalue weighted by Crippen LogP contribution is 2.21. The first-order chi connectivity index (χ1) is 14.0. The molecular formula is C22H26BrN5O. The van der Waals surface area contributed by atoms with Gasteiger partial charge in [-0.2, -0.15) is 0 Å². The standard InChI is InChI=1S/C22H26BrN5O/c1-26-10-12-28(13-11-26)9-8-21-25-19-15-18(6-7-20(19)27(21)2)24-22(29)16-4-3-5-17(23)14-16/h3-7,14-15H,8-13H2,1-2H3,(H,24,29). The molecule has 1 saturated heterocycles. The first-order valence-electron chi connectivity index (χ1n) is 9.93. The van der Waals surface area contributed by atoms with Gasteiger partial charge in [0.05, 0.1) is 11.0 Å². The lowest BCUT2D eigenvalue weighted by molar-refractivity contribution is 0.102. The predicted molar refractivity (Wildman–Crippen MR) is 120 cm³/mol. The largest absolute Gasteiger partial charge is 0.331 e. The Morgan fingerprint density at radius 2 is 1.90 bits per heavy atom. The number of fused-ring (bicyclic) bond motifs is 1. The molecule has 0 saturated carbocycles. The fourth-order valence-corrected chi connectivity index (χ4v) is 4.11. The van der Waals surface area contributed by atoms with Gasteiger partial charge >= 0.3 is 0 Å². The summed E-state index contributed by atoms with van der Waals surface area (Å²) in [5.41, 5.74) is 3.37. The molecule has 1 aromatic heterocycles. The molecule has 0 radical (unpaired) electrons. The summed E-state index contributed by atoms with van der Waals surface area (Å²) in [6.07, 6.45) is 0.925. The van der Waals surface area contributed by atoms with E-state index in [9.17, 15) is 4.79 Å². The SMILES string of the molecule is CN1CCN(CCc2nc3cc(NC(=O)c4cccc(Br)c4)ccc3n2C)CC1. The zero-order chi connectivity index (χ0) is 20.4. The van der Waals surface area contributed by atoms with Gasteiger partial charge in [-0.05, 0) is 43.4 Å². The van der Waals surface area contributed by atoms with E-state index in [4.69, 9.17) is 4.98 Å². The Morgan fingerprint density at radius 3 is 2.66 bits per heavy atom. The fourth-order valence-electron chi connectivity index (χ4n) is 3.71. The smallest absolute Gasteiger partial charge is 0.255 e. The Morgan fingerprint density at radius 1 is 1.10 bits per heavy atom. The van der Waals surface area contributed by atoms with Crippen LogP contribution in [-0.4, -0.2) is 65.0 Å². The van der Waals surface area contributed by atoms with E-state index >= 15 is 0 Å². The molecule has 3 aromatic rings. The lowest BCUT2D eigenvalue weighted by Gasteiger charge is -2.32. The van der Waals surface area contributed by atoms with Gasteiger partial charge in [0.2, 0.25) is 0 Å². The summed E-state index contributed by atoms with van der Waals surface area (Å²) in [5.74, 6) is 0.950. The third-order valence-electron chi connectivity index (χ3n) is 5.57. The van der Waals surface area contributed by atoms with Crippen LogP contribution in [0.4, 0.5) is 5.69 Å². The minimum absolute atomic E-state index is 0.128. The Hall–Kier alpha value is -2.22. The van der Waals surface area contributed by atoms with Crippen LogP contribution < -0.4 is 5.32 Å². The van der Waals surface area contributed by atoms with Gasteiger partial charge in [-0.1, -0.05) is 22.0 Å². The lowest BCUT2D eigenvalue weighted by atomic mass is 10.2. The van der Waals surface area contributed by atoms with Crippen LogP contribution in [0.1, 0.15) is 16.2 Å². The van der Waals surface area contributed by atoms with Crippen LogP contribution in [0.5, 0.6) is 0 Å². The summed E-state index contributed by atoms with van der Waals surface area (Å²) in [4.78, 5) is 22.2. The van der Waals surface area contributed by atoms with Crippen molar-refractivity contribution >= 4 is 38.6 Å². The topological polar surface area (TPSA) is 53.4 Å². The zero-order valence-electron chi connectivity index (χ0n) is 16.9. The van der Waals surface area contributed by atoms with E-state index in [1.807, 2.05) is 36.4 Å². The molecule has 2 aromatic carbocycles. The van der Waals surface area contributed by atoms with Crippen molar-refractivity contribution in [1.82, 2.24) is 19.4 Å². The number of piperazine rings is 1. The highest BCUT2D eigenvalue weighted by Gasteiger charge is 2.15. The molecule has 1 aliphatic rings. The maximum absolute atomic E-state index is 12.5. The average molecular weight is 456 g/mol. The van der Waals surface area contributed by atoms with E-state index in [1.54, 1.807) is 6.07 Å². The molecule has 0 spiro atoms. The number of hydrogen-bond acceptors (Lipinski definition) is 4. The van der Waals surface area contributed by atoms with Crippen LogP contribution >= 0.6 is 15.9 Å². The number of nitrogens with zero attached hydrogens (tertiary/aromatic N) is 4. The maximum Gasteiger partial charge on any atom is 0.255 e. The van der Waals surface area contributed by atoms with Crippen molar-refractivity contribution in [2.75, 3.05) is 45.1 Å². The number of benzene rings is 2. The summed E-state index contributed by atoms with van der Waals surface area (Å²) in [6.45, 7) is 5.52. The van der Waals surface area contributed by atoms with E-state index in [-0.39, 0.29) is 5.91 Å². The molecule has 4 rings (SSSR count). The number of likely N-dealkylation sites (N-methyl/N-ethyl adjacent to an activating group) is 1. The zero-order valence-corrected chi connectivity index (χ0v) is 18.4. The normalized spacial score (nSPS) is 15.7. The quantitative estimate of drug-likeness (QED) is 0.640. The molecular weight excluding hydrogens is 430 g/mol. The highest BCUT2D eigenvalue weighted by atomic mass is 79.9. The van der Waals surface area contributed by atoms with Gasteiger partial charge in [-0.15, -0.1) is 0 Å². The van der Waals surface area contributed by atoms with Crippen LogP contribution in [0.2, 0.25) is 0 Å². The number of carbonyl (C=O) groups excluding carboxylic acids is 1. The molecule has 152 valence electrons. The Kier molecular flexibility index (Phi) is 5.99. The van der Waals surface area contributed by atoms with Crippen molar-refractivity contribution in [3.63, 3.8) is 0 Å².